The summed E-state index contributed by atoms with van der Waals surface area (Å²) in [5, 5.41) is 9.13. The van der Waals surface area contributed by atoms with Crippen molar-refractivity contribution in [1.82, 2.24) is 4.72 Å². The SMILES string of the molecule is Cc1ccc(S(=O)(=O)NC2CC(O)C2)cc1C. The molecule has 94 valence electrons. The monoisotopic (exact) mass is 255 g/mol. The summed E-state index contributed by atoms with van der Waals surface area (Å²) in [6.45, 7) is 3.84. The first kappa shape index (κ1) is 12.5. The van der Waals surface area contributed by atoms with Gasteiger partial charge in [0.25, 0.3) is 0 Å². The highest BCUT2D eigenvalue weighted by Crippen LogP contribution is 2.22. The van der Waals surface area contributed by atoms with E-state index >= 15 is 0 Å². The number of nitrogens with one attached hydrogen (secondary N) is 1. The van der Waals surface area contributed by atoms with Gasteiger partial charge in [0.2, 0.25) is 10.0 Å². The minimum absolute atomic E-state index is 0.128. The van der Waals surface area contributed by atoms with Crippen LogP contribution in [-0.4, -0.2) is 25.7 Å². The summed E-state index contributed by atoms with van der Waals surface area (Å²) in [6, 6.07) is 4.96. The standard InChI is InChI=1S/C12H17NO3S/c1-8-3-4-12(5-9(8)2)17(15,16)13-10-6-11(14)7-10/h3-5,10-11,13-14H,6-7H2,1-2H3. The maximum absolute atomic E-state index is 12.0. The van der Waals surface area contributed by atoms with Crippen molar-refractivity contribution in [3.63, 3.8) is 0 Å². The van der Waals surface area contributed by atoms with Crippen LogP contribution in [0.3, 0.4) is 0 Å². The third-order valence-electron chi connectivity index (χ3n) is 3.22. The number of hydrogen-bond acceptors (Lipinski definition) is 3. The fraction of sp³-hybridized carbons (Fsp3) is 0.500. The lowest BCUT2D eigenvalue weighted by Crippen LogP contribution is -2.46. The second-order valence-corrected chi connectivity index (χ2v) is 6.40. The first-order valence-corrected chi connectivity index (χ1v) is 7.14. The molecule has 0 radical (unpaired) electrons. The third kappa shape index (κ3) is 2.68. The molecule has 1 aliphatic rings. The number of aryl methyl sites for hydroxylation is 2. The molecule has 0 aromatic heterocycles. The minimum Gasteiger partial charge on any atom is -0.393 e. The minimum atomic E-state index is -3.44. The van der Waals surface area contributed by atoms with E-state index in [2.05, 4.69) is 4.72 Å². The fourth-order valence-corrected chi connectivity index (χ4v) is 3.20. The van der Waals surface area contributed by atoms with E-state index in [4.69, 9.17) is 5.11 Å². The van der Waals surface area contributed by atoms with Crippen LogP contribution in [0, 0.1) is 13.8 Å². The van der Waals surface area contributed by atoms with Crippen LogP contribution < -0.4 is 4.72 Å². The Balaban J connectivity index is 2.17. The second kappa shape index (κ2) is 4.40. The Bertz CT molecular complexity index is 519. The molecule has 0 bridgehead atoms. The normalized spacial score (nSPS) is 24.4. The van der Waals surface area contributed by atoms with E-state index in [0.29, 0.717) is 17.7 Å². The van der Waals surface area contributed by atoms with Crippen molar-refractivity contribution < 1.29 is 13.5 Å². The van der Waals surface area contributed by atoms with Gasteiger partial charge in [-0.05, 0) is 49.9 Å². The van der Waals surface area contributed by atoms with Gasteiger partial charge in [0.15, 0.2) is 0 Å². The van der Waals surface area contributed by atoms with Crippen LogP contribution >= 0.6 is 0 Å². The van der Waals surface area contributed by atoms with Gasteiger partial charge in [0.1, 0.15) is 0 Å². The molecule has 0 atom stereocenters. The summed E-state index contributed by atoms with van der Waals surface area (Å²) in [4.78, 5) is 0.294. The van der Waals surface area contributed by atoms with Crippen molar-refractivity contribution >= 4 is 10.0 Å². The largest absolute Gasteiger partial charge is 0.393 e. The fourth-order valence-electron chi connectivity index (χ4n) is 1.85. The molecular weight excluding hydrogens is 238 g/mol. The van der Waals surface area contributed by atoms with Gasteiger partial charge in [0, 0.05) is 6.04 Å². The molecular formula is C12H17NO3S. The van der Waals surface area contributed by atoms with Crippen molar-refractivity contribution in [2.45, 2.75) is 43.7 Å². The van der Waals surface area contributed by atoms with Crippen molar-refractivity contribution in [3.05, 3.63) is 29.3 Å². The van der Waals surface area contributed by atoms with E-state index < -0.39 is 10.0 Å². The number of sulfonamides is 1. The average molecular weight is 255 g/mol. The van der Waals surface area contributed by atoms with E-state index in [9.17, 15) is 8.42 Å². The lowest BCUT2D eigenvalue weighted by molar-refractivity contribution is 0.0712. The Labute approximate surface area is 102 Å². The predicted octanol–water partition coefficient (Wildman–Crippen LogP) is 1.11. The van der Waals surface area contributed by atoms with Gasteiger partial charge in [-0.2, -0.15) is 0 Å². The molecule has 2 N–H and O–H groups in total. The topological polar surface area (TPSA) is 66.4 Å². The predicted molar refractivity (Wildman–Crippen MR) is 65.3 cm³/mol. The van der Waals surface area contributed by atoms with Gasteiger partial charge in [-0.3, -0.25) is 0 Å². The van der Waals surface area contributed by atoms with Gasteiger partial charge in [-0.15, -0.1) is 0 Å². The van der Waals surface area contributed by atoms with Crippen LogP contribution in [0.1, 0.15) is 24.0 Å². The quantitative estimate of drug-likeness (QED) is 0.850. The molecule has 17 heavy (non-hydrogen) atoms. The molecule has 0 unspecified atom stereocenters. The van der Waals surface area contributed by atoms with Crippen LogP contribution in [0.25, 0.3) is 0 Å². The summed E-state index contributed by atoms with van der Waals surface area (Å²) in [5.74, 6) is 0. The number of rotatable bonds is 3. The van der Waals surface area contributed by atoms with E-state index in [1.807, 2.05) is 13.8 Å². The summed E-state index contributed by atoms with van der Waals surface area (Å²) >= 11 is 0. The molecule has 2 rings (SSSR count). The van der Waals surface area contributed by atoms with Crippen molar-refractivity contribution in [2.75, 3.05) is 0 Å². The first-order chi connectivity index (χ1) is 7.88. The number of hydrogen-bond donors (Lipinski definition) is 2. The second-order valence-electron chi connectivity index (χ2n) is 4.69. The van der Waals surface area contributed by atoms with Crippen molar-refractivity contribution in [1.29, 1.82) is 0 Å². The summed E-state index contributed by atoms with van der Waals surface area (Å²) < 4.78 is 26.6. The van der Waals surface area contributed by atoms with Crippen molar-refractivity contribution in [2.24, 2.45) is 0 Å². The third-order valence-corrected chi connectivity index (χ3v) is 4.74. The Morgan fingerprint density at radius 2 is 1.88 bits per heavy atom. The molecule has 0 amide bonds. The molecule has 1 aromatic rings. The zero-order valence-electron chi connectivity index (χ0n) is 9.97. The van der Waals surface area contributed by atoms with Gasteiger partial charge < -0.3 is 5.11 Å². The Kier molecular flexibility index (Phi) is 3.25. The molecule has 1 aliphatic carbocycles. The van der Waals surface area contributed by atoms with Gasteiger partial charge in [0.05, 0.1) is 11.0 Å². The smallest absolute Gasteiger partial charge is 0.240 e. The van der Waals surface area contributed by atoms with Gasteiger partial charge in [-0.1, -0.05) is 6.07 Å². The molecule has 5 heteroatoms. The molecule has 4 nitrogen and oxygen atoms in total. The van der Waals surface area contributed by atoms with E-state index in [1.165, 1.54) is 0 Å². The van der Waals surface area contributed by atoms with Crippen LogP contribution in [0.4, 0.5) is 0 Å². The van der Waals surface area contributed by atoms with Gasteiger partial charge in [-0.25, -0.2) is 13.1 Å². The maximum Gasteiger partial charge on any atom is 0.240 e. The van der Waals surface area contributed by atoms with Crippen LogP contribution in [0.2, 0.25) is 0 Å². The average Bonchev–Trinajstić information content (AvgIpc) is 2.19. The zero-order chi connectivity index (χ0) is 12.6. The zero-order valence-corrected chi connectivity index (χ0v) is 10.8. The highest BCUT2D eigenvalue weighted by molar-refractivity contribution is 7.89. The summed E-state index contributed by atoms with van der Waals surface area (Å²) in [5.41, 5.74) is 2.03. The van der Waals surface area contributed by atoms with Gasteiger partial charge >= 0.3 is 0 Å². The summed E-state index contributed by atoms with van der Waals surface area (Å²) in [6.07, 6.45) is 0.649. The summed E-state index contributed by atoms with van der Waals surface area (Å²) in [7, 11) is -3.44. The Morgan fingerprint density at radius 1 is 1.24 bits per heavy atom. The molecule has 0 spiro atoms. The maximum atomic E-state index is 12.0. The molecule has 0 saturated heterocycles. The number of aliphatic hydroxyl groups is 1. The van der Waals surface area contributed by atoms with Crippen LogP contribution in [0.15, 0.2) is 23.1 Å². The van der Waals surface area contributed by atoms with E-state index in [1.54, 1.807) is 18.2 Å². The lowest BCUT2D eigenvalue weighted by Gasteiger charge is -2.31. The van der Waals surface area contributed by atoms with Crippen LogP contribution in [0.5, 0.6) is 0 Å². The highest BCUT2D eigenvalue weighted by Gasteiger charge is 2.31. The number of aliphatic hydroxyl groups excluding tert-OH is 1. The first-order valence-electron chi connectivity index (χ1n) is 5.66. The number of benzene rings is 1. The Hall–Kier alpha value is -0.910. The lowest BCUT2D eigenvalue weighted by atomic mass is 9.91. The van der Waals surface area contributed by atoms with Crippen LogP contribution in [-0.2, 0) is 10.0 Å². The van der Waals surface area contributed by atoms with E-state index in [-0.39, 0.29) is 12.1 Å². The highest BCUT2D eigenvalue weighted by atomic mass is 32.2. The molecule has 1 saturated carbocycles. The molecule has 1 fully saturated rings. The molecule has 0 heterocycles. The Morgan fingerprint density at radius 3 is 2.41 bits per heavy atom. The van der Waals surface area contributed by atoms with Crippen molar-refractivity contribution in [3.8, 4) is 0 Å². The van der Waals surface area contributed by atoms with E-state index in [0.717, 1.165) is 11.1 Å². The molecule has 1 aromatic carbocycles. The molecule has 0 aliphatic heterocycles.